The van der Waals surface area contributed by atoms with Crippen molar-refractivity contribution in [3.8, 4) is 6.07 Å². The molecule has 2 unspecified atom stereocenters. The van der Waals surface area contributed by atoms with Gasteiger partial charge in [-0.25, -0.2) is 8.42 Å². The fourth-order valence-electron chi connectivity index (χ4n) is 3.85. The summed E-state index contributed by atoms with van der Waals surface area (Å²) in [5, 5.41) is 18.3. The first-order chi connectivity index (χ1) is 11.1. The molecule has 1 aromatic rings. The van der Waals surface area contributed by atoms with Crippen LogP contribution in [-0.2, 0) is 21.6 Å². The number of fused-ring (bicyclic) bond motifs is 2. The van der Waals surface area contributed by atoms with Crippen LogP contribution in [0.4, 0.5) is 13.2 Å². The predicted octanol–water partition coefficient (Wildman–Crippen LogP) is 2.89. The lowest BCUT2D eigenvalue weighted by Gasteiger charge is -2.44. The van der Waals surface area contributed by atoms with Crippen LogP contribution >= 0.6 is 0 Å². The average Bonchev–Trinajstić information content (AvgIpc) is 2.47. The zero-order valence-electron chi connectivity index (χ0n) is 12.7. The van der Waals surface area contributed by atoms with Crippen molar-refractivity contribution < 1.29 is 26.7 Å². The maximum absolute atomic E-state index is 13.1. The summed E-state index contributed by atoms with van der Waals surface area (Å²) in [7, 11) is -3.33. The predicted molar refractivity (Wildman–Crippen MR) is 79.6 cm³/mol. The molecular formula is C16H16F3NO3S. The maximum atomic E-state index is 13.1. The summed E-state index contributed by atoms with van der Waals surface area (Å²) in [6.45, 7) is 0. The Bertz CT molecular complexity index is 791. The van der Waals surface area contributed by atoms with E-state index in [9.17, 15) is 26.7 Å². The minimum absolute atomic E-state index is 0.0284. The maximum Gasteiger partial charge on any atom is 0.417 e. The molecule has 4 nitrogen and oxygen atoms in total. The Labute approximate surface area is 137 Å². The van der Waals surface area contributed by atoms with E-state index in [1.807, 2.05) is 0 Å². The third-order valence-corrected chi connectivity index (χ3v) is 7.76. The van der Waals surface area contributed by atoms with Crippen molar-refractivity contribution in [1.82, 2.24) is 0 Å². The van der Waals surface area contributed by atoms with Gasteiger partial charge in [0.2, 0.25) is 0 Å². The molecule has 0 spiro atoms. The number of nitrogens with zero attached hydrogens (tertiary/aromatic N) is 1. The van der Waals surface area contributed by atoms with E-state index >= 15 is 0 Å². The molecule has 2 aliphatic rings. The van der Waals surface area contributed by atoms with Crippen LogP contribution in [0.25, 0.3) is 0 Å². The molecule has 0 aliphatic carbocycles. The summed E-state index contributed by atoms with van der Waals surface area (Å²) < 4.78 is 64.0. The number of hydrogen-bond acceptors (Lipinski definition) is 4. The topological polar surface area (TPSA) is 78.2 Å². The Hall–Kier alpha value is -1.59. The molecule has 0 amide bonds. The third kappa shape index (κ3) is 2.70. The molecule has 0 saturated carbocycles. The molecule has 2 aliphatic heterocycles. The standard InChI is InChI=1S/C16H16F3NO3S/c17-16(18,19)14-6-11(5-4-10(14)9-20)15(21)7-12-2-1-3-13(8-15)24(12,22)23/h4-6,12-13,21H,1-3,7-8H2. The first-order valence-corrected chi connectivity index (χ1v) is 9.26. The van der Waals surface area contributed by atoms with Crippen molar-refractivity contribution in [3.05, 3.63) is 34.9 Å². The van der Waals surface area contributed by atoms with E-state index in [1.165, 1.54) is 12.1 Å². The Kier molecular flexibility index (Phi) is 3.92. The van der Waals surface area contributed by atoms with Gasteiger partial charge >= 0.3 is 6.18 Å². The van der Waals surface area contributed by atoms with Crippen molar-refractivity contribution in [2.24, 2.45) is 0 Å². The number of rotatable bonds is 1. The molecular weight excluding hydrogens is 343 g/mol. The minimum atomic E-state index is -4.71. The quantitative estimate of drug-likeness (QED) is 0.836. The van der Waals surface area contributed by atoms with Crippen LogP contribution in [0.3, 0.4) is 0 Å². The summed E-state index contributed by atoms with van der Waals surface area (Å²) in [5.74, 6) is 0. The lowest BCUT2D eigenvalue weighted by Crippen LogP contribution is -2.50. The number of sulfone groups is 1. The number of nitriles is 1. The Morgan fingerprint density at radius 1 is 1.21 bits per heavy atom. The average molecular weight is 359 g/mol. The Morgan fingerprint density at radius 2 is 1.79 bits per heavy atom. The zero-order chi connectivity index (χ0) is 17.8. The van der Waals surface area contributed by atoms with Crippen LogP contribution < -0.4 is 0 Å². The lowest BCUT2D eigenvalue weighted by molar-refractivity contribution is -0.138. The van der Waals surface area contributed by atoms with Crippen molar-refractivity contribution in [2.45, 2.75) is 54.4 Å². The first kappa shape index (κ1) is 17.2. The van der Waals surface area contributed by atoms with Crippen molar-refractivity contribution in [1.29, 1.82) is 5.26 Å². The van der Waals surface area contributed by atoms with Gasteiger partial charge in [-0.2, -0.15) is 18.4 Å². The van der Waals surface area contributed by atoms with E-state index in [2.05, 4.69) is 0 Å². The fraction of sp³-hybridized carbons (Fsp3) is 0.562. The highest BCUT2D eigenvalue weighted by Gasteiger charge is 2.51. The monoisotopic (exact) mass is 359 g/mol. The smallest absolute Gasteiger partial charge is 0.385 e. The van der Waals surface area contributed by atoms with Gasteiger partial charge in [0.05, 0.1) is 33.3 Å². The van der Waals surface area contributed by atoms with E-state index in [0.717, 1.165) is 18.6 Å². The van der Waals surface area contributed by atoms with Crippen LogP contribution in [0.1, 0.15) is 48.8 Å². The molecule has 0 radical (unpaired) electrons. The normalized spacial score (nSPS) is 32.1. The van der Waals surface area contributed by atoms with Gasteiger partial charge in [0.1, 0.15) is 0 Å². The van der Waals surface area contributed by atoms with Crippen molar-refractivity contribution in [2.75, 3.05) is 0 Å². The molecule has 8 heteroatoms. The molecule has 2 heterocycles. The van der Waals surface area contributed by atoms with Crippen molar-refractivity contribution >= 4 is 9.84 Å². The molecule has 2 atom stereocenters. The second-order valence-corrected chi connectivity index (χ2v) is 9.09. The molecule has 3 rings (SSSR count). The van der Waals surface area contributed by atoms with Gasteiger partial charge in [-0.05, 0) is 43.4 Å². The molecule has 2 fully saturated rings. The number of benzene rings is 1. The highest BCUT2D eigenvalue weighted by atomic mass is 32.2. The van der Waals surface area contributed by atoms with Crippen molar-refractivity contribution in [3.63, 3.8) is 0 Å². The van der Waals surface area contributed by atoms with Gasteiger partial charge in [-0.1, -0.05) is 12.5 Å². The molecule has 24 heavy (non-hydrogen) atoms. The second kappa shape index (κ2) is 5.46. The van der Waals surface area contributed by atoms with Gasteiger partial charge in [0, 0.05) is 0 Å². The second-order valence-electron chi connectivity index (χ2n) is 6.57. The highest BCUT2D eigenvalue weighted by Crippen LogP contribution is 2.47. The summed E-state index contributed by atoms with van der Waals surface area (Å²) in [6.07, 6.45) is -3.34. The molecule has 2 saturated heterocycles. The third-order valence-electron chi connectivity index (χ3n) is 5.09. The Morgan fingerprint density at radius 3 is 2.29 bits per heavy atom. The van der Waals surface area contributed by atoms with Gasteiger partial charge in [0.25, 0.3) is 0 Å². The first-order valence-electron chi connectivity index (χ1n) is 7.65. The SMILES string of the molecule is N#Cc1ccc(C2(O)CC3CCCC(C2)S3(=O)=O)cc1C(F)(F)F. The summed E-state index contributed by atoms with van der Waals surface area (Å²) in [5.41, 5.74) is -3.21. The van der Waals surface area contributed by atoms with Gasteiger partial charge < -0.3 is 5.11 Å². The largest absolute Gasteiger partial charge is 0.417 e. The fourth-order valence-corrected chi connectivity index (χ4v) is 6.40. The van der Waals surface area contributed by atoms with E-state index in [4.69, 9.17) is 5.26 Å². The van der Waals surface area contributed by atoms with Crippen LogP contribution in [0.2, 0.25) is 0 Å². The van der Waals surface area contributed by atoms with Crippen LogP contribution in [0, 0.1) is 11.3 Å². The van der Waals surface area contributed by atoms with E-state index < -0.39 is 43.2 Å². The van der Waals surface area contributed by atoms with Gasteiger partial charge in [0.15, 0.2) is 9.84 Å². The molecule has 1 aromatic carbocycles. The summed E-state index contributed by atoms with van der Waals surface area (Å²) in [6, 6.07) is 4.61. The number of alkyl halides is 3. The van der Waals surface area contributed by atoms with E-state index in [0.29, 0.717) is 12.8 Å². The van der Waals surface area contributed by atoms with Gasteiger partial charge in [-0.3, -0.25) is 0 Å². The van der Waals surface area contributed by atoms with Crippen LogP contribution in [0.15, 0.2) is 18.2 Å². The molecule has 0 aromatic heterocycles. The summed E-state index contributed by atoms with van der Waals surface area (Å²) in [4.78, 5) is 0. The molecule has 1 N–H and O–H groups in total. The van der Waals surface area contributed by atoms with Crippen LogP contribution in [-0.4, -0.2) is 24.0 Å². The Balaban J connectivity index is 2.05. The molecule has 2 bridgehead atoms. The van der Waals surface area contributed by atoms with E-state index in [1.54, 1.807) is 0 Å². The highest BCUT2D eigenvalue weighted by molar-refractivity contribution is 7.92. The number of halogens is 3. The molecule has 130 valence electrons. The van der Waals surface area contributed by atoms with Gasteiger partial charge in [-0.15, -0.1) is 0 Å². The minimum Gasteiger partial charge on any atom is -0.385 e. The van der Waals surface area contributed by atoms with Crippen LogP contribution in [0.5, 0.6) is 0 Å². The zero-order valence-corrected chi connectivity index (χ0v) is 13.5. The summed E-state index contributed by atoms with van der Waals surface area (Å²) >= 11 is 0. The van der Waals surface area contributed by atoms with E-state index in [-0.39, 0.29) is 18.4 Å². The number of aliphatic hydroxyl groups is 1. The number of hydrogen-bond donors (Lipinski definition) is 1. The lowest BCUT2D eigenvalue weighted by atomic mass is 9.79.